The van der Waals surface area contributed by atoms with E-state index in [1.165, 1.54) is 0 Å². The second-order valence-electron chi connectivity index (χ2n) is 4.40. The fraction of sp³-hybridized carbons (Fsp3) is 0.357. The van der Waals surface area contributed by atoms with E-state index in [4.69, 9.17) is 0 Å². The minimum atomic E-state index is -0.0537. The maximum Gasteiger partial charge on any atom is 0.244 e. The van der Waals surface area contributed by atoms with E-state index in [1.807, 2.05) is 37.3 Å². The van der Waals surface area contributed by atoms with Crippen LogP contribution in [0.4, 0.5) is 0 Å². The average Bonchev–Trinajstić information content (AvgIpc) is 2.27. The van der Waals surface area contributed by atoms with Crippen LogP contribution < -0.4 is 5.32 Å². The summed E-state index contributed by atoms with van der Waals surface area (Å²) in [5.74, 6) is 0.387. The number of hydrogen-bond acceptors (Lipinski definition) is 1. The summed E-state index contributed by atoms with van der Waals surface area (Å²) >= 11 is 3.44. The molecule has 0 bridgehead atoms. The standard InChI is InChI=1S/C14H18BrNO/c1-10(2)11(3)16-14(17)9-8-12-6-4-5-7-13(12)15/h4-11H,1-3H3,(H,16,17)/b9-8+. The summed E-state index contributed by atoms with van der Waals surface area (Å²) in [5, 5.41) is 2.93. The highest BCUT2D eigenvalue weighted by Gasteiger charge is 2.08. The quantitative estimate of drug-likeness (QED) is 0.845. The summed E-state index contributed by atoms with van der Waals surface area (Å²) in [5.41, 5.74) is 1.000. The molecule has 0 saturated carbocycles. The lowest BCUT2D eigenvalue weighted by Crippen LogP contribution is -2.34. The lowest BCUT2D eigenvalue weighted by atomic mass is 10.1. The van der Waals surface area contributed by atoms with Crippen molar-refractivity contribution in [3.8, 4) is 0 Å². The van der Waals surface area contributed by atoms with Crippen molar-refractivity contribution < 1.29 is 4.79 Å². The molecule has 0 aliphatic carbocycles. The van der Waals surface area contributed by atoms with E-state index < -0.39 is 0 Å². The molecule has 2 nitrogen and oxygen atoms in total. The molecule has 0 heterocycles. The van der Waals surface area contributed by atoms with Gasteiger partial charge in [0.2, 0.25) is 5.91 Å². The Balaban J connectivity index is 2.60. The highest BCUT2D eigenvalue weighted by molar-refractivity contribution is 9.10. The molecule has 0 aliphatic rings. The van der Waals surface area contributed by atoms with Crippen molar-refractivity contribution >= 4 is 27.9 Å². The van der Waals surface area contributed by atoms with Crippen LogP contribution in [0.3, 0.4) is 0 Å². The van der Waals surface area contributed by atoms with E-state index in [9.17, 15) is 4.79 Å². The number of hydrogen-bond donors (Lipinski definition) is 1. The van der Waals surface area contributed by atoms with Crippen molar-refractivity contribution in [3.63, 3.8) is 0 Å². The van der Waals surface area contributed by atoms with E-state index in [0.717, 1.165) is 10.0 Å². The van der Waals surface area contributed by atoms with Crippen molar-refractivity contribution in [1.82, 2.24) is 5.32 Å². The van der Waals surface area contributed by atoms with E-state index >= 15 is 0 Å². The first kappa shape index (κ1) is 14.0. The molecule has 0 spiro atoms. The van der Waals surface area contributed by atoms with Crippen molar-refractivity contribution in [1.29, 1.82) is 0 Å². The van der Waals surface area contributed by atoms with Crippen LogP contribution in [0.2, 0.25) is 0 Å². The molecule has 1 amide bonds. The molecule has 0 aromatic heterocycles. The molecular weight excluding hydrogens is 278 g/mol. The van der Waals surface area contributed by atoms with Gasteiger partial charge in [-0.25, -0.2) is 0 Å². The van der Waals surface area contributed by atoms with Crippen LogP contribution in [0.25, 0.3) is 6.08 Å². The third-order valence-corrected chi connectivity index (χ3v) is 3.41. The molecule has 0 fully saturated rings. The van der Waals surface area contributed by atoms with Crippen LogP contribution >= 0.6 is 15.9 Å². The molecule has 1 atom stereocenters. The number of nitrogens with one attached hydrogen (secondary N) is 1. The van der Waals surface area contributed by atoms with Crippen molar-refractivity contribution in [2.24, 2.45) is 5.92 Å². The second kappa shape index (κ2) is 6.60. The Morgan fingerprint density at radius 2 is 1.94 bits per heavy atom. The maximum absolute atomic E-state index is 11.6. The number of halogens is 1. The third kappa shape index (κ3) is 4.73. The molecule has 1 rings (SSSR count). The smallest absolute Gasteiger partial charge is 0.244 e. The monoisotopic (exact) mass is 295 g/mol. The molecule has 1 unspecified atom stereocenters. The Kier molecular flexibility index (Phi) is 5.42. The summed E-state index contributed by atoms with van der Waals surface area (Å²) in [7, 11) is 0. The topological polar surface area (TPSA) is 29.1 Å². The lowest BCUT2D eigenvalue weighted by molar-refractivity contribution is -0.117. The zero-order chi connectivity index (χ0) is 12.8. The van der Waals surface area contributed by atoms with E-state index in [1.54, 1.807) is 6.08 Å². The van der Waals surface area contributed by atoms with Crippen molar-refractivity contribution in [2.75, 3.05) is 0 Å². The third-order valence-electron chi connectivity index (χ3n) is 2.69. The fourth-order valence-corrected chi connectivity index (χ4v) is 1.63. The predicted molar refractivity (Wildman–Crippen MR) is 75.6 cm³/mol. The van der Waals surface area contributed by atoms with Crippen LogP contribution in [0.5, 0.6) is 0 Å². The number of benzene rings is 1. The zero-order valence-electron chi connectivity index (χ0n) is 10.4. The van der Waals surface area contributed by atoms with E-state index in [0.29, 0.717) is 5.92 Å². The maximum atomic E-state index is 11.6. The normalized spacial score (nSPS) is 13.0. The summed E-state index contributed by atoms with van der Waals surface area (Å²) in [6.45, 7) is 6.18. The Hall–Kier alpha value is -1.09. The molecule has 17 heavy (non-hydrogen) atoms. The van der Waals surface area contributed by atoms with Gasteiger partial charge in [-0.05, 0) is 30.5 Å². The first-order valence-electron chi connectivity index (χ1n) is 5.74. The number of carbonyl (C=O) groups is 1. The van der Waals surface area contributed by atoms with Gasteiger partial charge in [0.1, 0.15) is 0 Å². The van der Waals surface area contributed by atoms with Gasteiger partial charge in [0.05, 0.1) is 0 Å². The van der Waals surface area contributed by atoms with E-state index in [2.05, 4.69) is 35.1 Å². The molecule has 0 saturated heterocycles. The van der Waals surface area contributed by atoms with E-state index in [-0.39, 0.29) is 11.9 Å². The van der Waals surface area contributed by atoms with Gasteiger partial charge in [-0.1, -0.05) is 48.0 Å². The molecule has 3 heteroatoms. The Labute approximate surface area is 111 Å². The number of carbonyl (C=O) groups excluding carboxylic acids is 1. The molecule has 0 aliphatic heterocycles. The highest BCUT2D eigenvalue weighted by atomic mass is 79.9. The lowest BCUT2D eigenvalue weighted by Gasteiger charge is -2.15. The van der Waals surface area contributed by atoms with Crippen LogP contribution in [-0.4, -0.2) is 11.9 Å². The minimum Gasteiger partial charge on any atom is -0.350 e. The van der Waals surface area contributed by atoms with Crippen LogP contribution in [0, 0.1) is 5.92 Å². The summed E-state index contributed by atoms with van der Waals surface area (Å²) in [6.07, 6.45) is 3.38. The van der Waals surface area contributed by atoms with Gasteiger partial charge in [0.15, 0.2) is 0 Å². The Morgan fingerprint density at radius 3 is 2.53 bits per heavy atom. The van der Waals surface area contributed by atoms with Gasteiger partial charge in [0.25, 0.3) is 0 Å². The zero-order valence-corrected chi connectivity index (χ0v) is 12.0. The number of amides is 1. The second-order valence-corrected chi connectivity index (χ2v) is 5.25. The van der Waals surface area contributed by atoms with Crippen LogP contribution in [-0.2, 0) is 4.79 Å². The van der Waals surface area contributed by atoms with Crippen LogP contribution in [0.15, 0.2) is 34.8 Å². The van der Waals surface area contributed by atoms with Gasteiger partial charge < -0.3 is 5.32 Å². The SMILES string of the molecule is CC(C)C(C)NC(=O)/C=C/c1ccccc1Br. The largest absolute Gasteiger partial charge is 0.350 e. The molecule has 1 aromatic carbocycles. The van der Waals surface area contributed by atoms with Crippen molar-refractivity contribution in [3.05, 3.63) is 40.4 Å². The Bertz CT molecular complexity index is 412. The van der Waals surface area contributed by atoms with Crippen molar-refractivity contribution in [2.45, 2.75) is 26.8 Å². The average molecular weight is 296 g/mol. The highest BCUT2D eigenvalue weighted by Crippen LogP contribution is 2.16. The first-order valence-corrected chi connectivity index (χ1v) is 6.53. The fourth-order valence-electron chi connectivity index (χ4n) is 1.21. The molecule has 1 aromatic rings. The van der Waals surface area contributed by atoms with Gasteiger partial charge in [-0.2, -0.15) is 0 Å². The molecule has 0 radical (unpaired) electrons. The predicted octanol–water partition coefficient (Wildman–Crippen LogP) is 3.62. The number of rotatable bonds is 4. The van der Waals surface area contributed by atoms with Crippen LogP contribution in [0.1, 0.15) is 26.3 Å². The summed E-state index contributed by atoms with van der Waals surface area (Å²) in [4.78, 5) is 11.6. The Morgan fingerprint density at radius 1 is 1.29 bits per heavy atom. The molecule has 1 N–H and O–H groups in total. The molecule has 92 valence electrons. The minimum absolute atomic E-state index is 0.0537. The van der Waals surface area contributed by atoms with Gasteiger partial charge in [-0.3, -0.25) is 4.79 Å². The van der Waals surface area contributed by atoms with Gasteiger partial charge in [0, 0.05) is 16.6 Å². The molecular formula is C14H18BrNO. The first-order chi connectivity index (χ1) is 8.00. The summed E-state index contributed by atoms with van der Waals surface area (Å²) < 4.78 is 0.987. The summed E-state index contributed by atoms with van der Waals surface area (Å²) in [6, 6.07) is 7.99. The van der Waals surface area contributed by atoms with Gasteiger partial charge >= 0.3 is 0 Å². The van der Waals surface area contributed by atoms with Gasteiger partial charge in [-0.15, -0.1) is 0 Å².